The summed E-state index contributed by atoms with van der Waals surface area (Å²) >= 11 is 0. The second kappa shape index (κ2) is 9.35. The quantitative estimate of drug-likeness (QED) is 0.858. The fourth-order valence-corrected chi connectivity index (χ4v) is 3.99. The zero-order chi connectivity index (χ0) is 17.5. The van der Waals surface area contributed by atoms with Crippen LogP contribution in [-0.2, 0) is 9.53 Å². The lowest BCUT2D eigenvalue weighted by Gasteiger charge is -2.24. The SMILES string of the molecule is C[C@@H](CC(=O)N1CCCCCC1)NC[C@H]1CCO[C@@H]1c1ccccc1. The molecule has 3 rings (SSSR count). The first-order valence-electron chi connectivity index (χ1n) is 9.92. The highest BCUT2D eigenvalue weighted by molar-refractivity contribution is 5.76. The van der Waals surface area contributed by atoms with Crippen LogP contribution >= 0.6 is 0 Å². The van der Waals surface area contributed by atoms with Gasteiger partial charge in [-0.3, -0.25) is 4.79 Å². The number of nitrogens with one attached hydrogen (secondary N) is 1. The molecule has 0 aromatic heterocycles. The molecule has 0 bridgehead atoms. The van der Waals surface area contributed by atoms with Gasteiger partial charge in [0.1, 0.15) is 0 Å². The second-order valence-corrected chi connectivity index (χ2v) is 7.56. The standard InChI is InChI=1S/C21H32N2O2/c1-17(15-20(24)23-12-7-2-3-8-13-23)22-16-19-11-14-25-21(19)18-9-5-4-6-10-18/h4-6,9-10,17,19,21-22H,2-3,7-8,11-16H2,1H3/t17-,19+,21+/m0/s1. The Balaban J connectivity index is 1.45. The molecular weight excluding hydrogens is 312 g/mol. The average molecular weight is 344 g/mol. The van der Waals surface area contributed by atoms with Crippen molar-refractivity contribution in [1.29, 1.82) is 0 Å². The van der Waals surface area contributed by atoms with Crippen molar-refractivity contribution in [3.8, 4) is 0 Å². The fraction of sp³-hybridized carbons (Fsp3) is 0.667. The van der Waals surface area contributed by atoms with Crippen LogP contribution in [0.5, 0.6) is 0 Å². The number of ether oxygens (including phenoxy) is 1. The molecule has 2 heterocycles. The minimum atomic E-state index is 0.183. The third kappa shape index (κ3) is 5.29. The maximum Gasteiger partial charge on any atom is 0.224 e. The van der Waals surface area contributed by atoms with E-state index >= 15 is 0 Å². The Kier molecular flexibility index (Phi) is 6.88. The lowest BCUT2D eigenvalue weighted by Crippen LogP contribution is -2.39. The Morgan fingerprint density at radius 3 is 2.64 bits per heavy atom. The summed E-state index contributed by atoms with van der Waals surface area (Å²) in [5.41, 5.74) is 1.26. The molecule has 0 unspecified atom stereocenters. The Labute approximate surface area is 151 Å². The predicted octanol–water partition coefficient (Wildman–Crippen LogP) is 3.54. The van der Waals surface area contributed by atoms with Gasteiger partial charge in [0.25, 0.3) is 0 Å². The molecule has 3 atom stereocenters. The van der Waals surface area contributed by atoms with E-state index in [1.165, 1.54) is 18.4 Å². The first-order chi connectivity index (χ1) is 12.2. The van der Waals surface area contributed by atoms with Crippen molar-refractivity contribution < 1.29 is 9.53 Å². The van der Waals surface area contributed by atoms with Gasteiger partial charge in [0, 0.05) is 44.6 Å². The summed E-state index contributed by atoms with van der Waals surface area (Å²) in [6.45, 7) is 5.75. The Hall–Kier alpha value is -1.39. The summed E-state index contributed by atoms with van der Waals surface area (Å²) < 4.78 is 5.96. The second-order valence-electron chi connectivity index (χ2n) is 7.56. The largest absolute Gasteiger partial charge is 0.373 e. The first kappa shape index (κ1) is 18.4. The molecule has 1 aromatic rings. The minimum Gasteiger partial charge on any atom is -0.373 e. The zero-order valence-electron chi connectivity index (χ0n) is 15.5. The van der Waals surface area contributed by atoms with Gasteiger partial charge < -0.3 is 15.0 Å². The normalized spacial score (nSPS) is 25.6. The highest BCUT2D eigenvalue weighted by Gasteiger charge is 2.29. The molecule has 4 nitrogen and oxygen atoms in total. The van der Waals surface area contributed by atoms with Gasteiger partial charge in [-0.15, -0.1) is 0 Å². The molecule has 2 saturated heterocycles. The van der Waals surface area contributed by atoms with Crippen molar-refractivity contribution in [3.63, 3.8) is 0 Å². The molecule has 0 saturated carbocycles. The van der Waals surface area contributed by atoms with E-state index in [4.69, 9.17) is 4.74 Å². The number of nitrogens with zero attached hydrogens (tertiary/aromatic N) is 1. The van der Waals surface area contributed by atoms with E-state index < -0.39 is 0 Å². The molecule has 2 aliphatic heterocycles. The van der Waals surface area contributed by atoms with Gasteiger partial charge in [-0.25, -0.2) is 0 Å². The van der Waals surface area contributed by atoms with E-state index in [2.05, 4.69) is 41.4 Å². The van der Waals surface area contributed by atoms with E-state index in [9.17, 15) is 4.79 Å². The number of carbonyl (C=O) groups excluding carboxylic acids is 1. The molecule has 4 heteroatoms. The highest BCUT2D eigenvalue weighted by Crippen LogP contribution is 2.33. The lowest BCUT2D eigenvalue weighted by molar-refractivity contribution is -0.131. The molecule has 1 N–H and O–H groups in total. The monoisotopic (exact) mass is 344 g/mol. The summed E-state index contributed by atoms with van der Waals surface area (Å²) in [7, 11) is 0. The van der Waals surface area contributed by atoms with Crippen molar-refractivity contribution in [2.24, 2.45) is 5.92 Å². The van der Waals surface area contributed by atoms with Gasteiger partial charge in [0.15, 0.2) is 0 Å². The Morgan fingerprint density at radius 2 is 1.92 bits per heavy atom. The van der Waals surface area contributed by atoms with Crippen LogP contribution in [0.25, 0.3) is 0 Å². The number of benzene rings is 1. The van der Waals surface area contributed by atoms with Crippen molar-refractivity contribution >= 4 is 5.91 Å². The molecule has 0 radical (unpaired) electrons. The number of likely N-dealkylation sites (tertiary alicyclic amines) is 1. The van der Waals surface area contributed by atoms with Gasteiger partial charge in [0.05, 0.1) is 6.10 Å². The third-order valence-corrected chi connectivity index (χ3v) is 5.51. The molecule has 2 fully saturated rings. The van der Waals surface area contributed by atoms with Gasteiger partial charge in [-0.05, 0) is 31.7 Å². The molecule has 2 aliphatic rings. The summed E-state index contributed by atoms with van der Waals surface area (Å²) in [5.74, 6) is 0.794. The Bertz CT molecular complexity index is 526. The number of hydrogen-bond acceptors (Lipinski definition) is 3. The lowest BCUT2D eigenvalue weighted by atomic mass is 9.95. The number of rotatable bonds is 6. The number of carbonyl (C=O) groups is 1. The molecule has 25 heavy (non-hydrogen) atoms. The van der Waals surface area contributed by atoms with E-state index in [0.717, 1.165) is 45.5 Å². The average Bonchev–Trinajstić information content (AvgIpc) is 2.93. The van der Waals surface area contributed by atoms with E-state index in [-0.39, 0.29) is 12.1 Å². The van der Waals surface area contributed by atoms with Crippen LogP contribution in [0.15, 0.2) is 30.3 Å². The topological polar surface area (TPSA) is 41.6 Å². The van der Waals surface area contributed by atoms with Gasteiger partial charge in [0.2, 0.25) is 5.91 Å². The maximum atomic E-state index is 12.5. The van der Waals surface area contributed by atoms with Crippen LogP contribution in [-0.4, -0.2) is 43.1 Å². The van der Waals surface area contributed by atoms with Crippen LogP contribution < -0.4 is 5.32 Å². The first-order valence-corrected chi connectivity index (χ1v) is 9.92. The smallest absolute Gasteiger partial charge is 0.224 e. The fourth-order valence-electron chi connectivity index (χ4n) is 3.99. The van der Waals surface area contributed by atoms with E-state index in [0.29, 0.717) is 18.2 Å². The van der Waals surface area contributed by atoms with Crippen LogP contribution in [0.1, 0.15) is 57.1 Å². The van der Waals surface area contributed by atoms with E-state index in [1.807, 2.05) is 6.07 Å². The minimum absolute atomic E-state index is 0.183. The van der Waals surface area contributed by atoms with Crippen molar-refractivity contribution in [2.75, 3.05) is 26.2 Å². The van der Waals surface area contributed by atoms with Gasteiger partial charge >= 0.3 is 0 Å². The van der Waals surface area contributed by atoms with Crippen molar-refractivity contribution in [2.45, 2.75) is 57.6 Å². The third-order valence-electron chi connectivity index (χ3n) is 5.51. The molecular formula is C21H32N2O2. The predicted molar refractivity (Wildman–Crippen MR) is 100 cm³/mol. The number of amides is 1. The summed E-state index contributed by atoms with van der Waals surface area (Å²) in [6.07, 6.45) is 6.71. The molecule has 0 aliphatic carbocycles. The van der Waals surface area contributed by atoms with Crippen LogP contribution in [0, 0.1) is 5.92 Å². The number of hydrogen-bond donors (Lipinski definition) is 1. The summed E-state index contributed by atoms with van der Waals surface area (Å²) in [5, 5.41) is 3.58. The van der Waals surface area contributed by atoms with E-state index in [1.54, 1.807) is 0 Å². The highest BCUT2D eigenvalue weighted by atomic mass is 16.5. The Morgan fingerprint density at radius 1 is 1.20 bits per heavy atom. The molecule has 0 spiro atoms. The van der Waals surface area contributed by atoms with Crippen molar-refractivity contribution in [3.05, 3.63) is 35.9 Å². The summed E-state index contributed by atoms with van der Waals surface area (Å²) in [6, 6.07) is 10.7. The van der Waals surface area contributed by atoms with Gasteiger partial charge in [-0.1, -0.05) is 43.2 Å². The van der Waals surface area contributed by atoms with Crippen LogP contribution in [0.2, 0.25) is 0 Å². The molecule has 138 valence electrons. The summed E-state index contributed by atoms with van der Waals surface area (Å²) in [4.78, 5) is 14.6. The molecule has 1 amide bonds. The van der Waals surface area contributed by atoms with Crippen molar-refractivity contribution in [1.82, 2.24) is 10.2 Å². The maximum absolute atomic E-state index is 12.5. The van der Waals surface area contributed by atoms with Crippen LogP contribution in [0.4, 0.5) is 0 Å². The molecule has 1 aromatic carbocycles. The van der Waals surface area contributed by atoms with Gasteiger partial charge in [-0.2, -0.15) is 0 Å². The van der Waals surface area contributed by atoms with Crippen LogP contribution in [0.3, 0.4) is 0 Å². The zero-order valence-corrected chi connectivity index (χ0v) is 15.5.